The van der Waals surface area contributed by atoms with Crippen molar-refractivity contribution in [2.75, 3.05) is 0 Å². The van der Waals surface area contributed by atoms with Gasteiger partial charge in [-0.05, 0) is 0 Å². The molecule has 0 saturated heterocycles. The van der Waals surface area contributed by atoms with E-state index >= 15 is 0 Å². The zero-order valence-corrected chi connectivity index (χ0v) is 9.88. The van der Waals surface area contributed by atoms with Crippen molar-refractivity contribution >= 4 is 39.7 Å². The van der Waals surface area contributed by atoms with Crippen molar-refractivity contribution in [3.63, 3.8) is 0 Å². The van der Waals surface area contributed by atoms with Gasteiger partial charge in [-0.25, -0.2) is 0 Å². The summed E-state index contributed by atoms with van der Waals surface area (Å²) >= 11 is -6.12. The van der Waals surface area contributed by atoms with Crippen molar-refractivity contribution < 1.29 is 15.0 Å². The molecule has 0 spiro atoms. The second-order valence-electron chi connectivity index (χ2n) is 2.10. The van der Waals surface area contributed by atoms with Crippen molar-refractivity contribution in [3.8, 4) is 0 Å². The summed E-state index contributed by atoms with van der Waals surface area (Å²) in [5.41, 5.74) is 0. The van der Waals surface area contributed by atoms with E-state index in [1.54, 1.807) is 6.07 Å². The molecule has 0 aliphatic carbocycles. The third kappa shape index (κ3) is 2.52. The number of hydrogen-bond acceptors (Lipinski definition) is 2. The monoisotopic (exact) mass is 344 g/mol. The molecule has 66 valence electrons. The van der Waals surface area contributed by atoms with Crippen LogP contribution in [0, 0.1) is 3.57 Å². The van der Waals surface area contributed by atoms with Crippen molar-refractivity contribution in [2.24, 2.45) is 0 Å². The van der Waals surface area contributed by atoms with Gasteiger partial charge in [-0.1, -0.05) is 0 Å². The van der Waals surface area contributed by atoms with Crippen molar-refractivity contribution in [3.05, 3.63) is 27.8 Å². The first-order valence-electron chi connectivity index (χ1n) is 2.97. The van der Waals surface area contributed by atoms with E-state index in [1.807, 2.05) is 0 Å². The molecule has 0 radical (unpaired) electrons. The Balaban J connectivity index is 3.19. The second kappa shape index (κ2) is 3.82. The standard InChI is InChI=1S/C6H6AsIO4/c9-7(10,11)5-2-1-3-6(4-5)8-12/h1-4H,(H2,9,10,11). The summed E-state index contributed by atoms with van der Waals surface area (Å²) in [5.74, 6) is 0. The summed E-state index contributed by atoms with van der Waals surface area (Å²) in [7, 11) is 0. The van der Waals surface area contributed by atoms with Crippen LogP contribution in [0.25, 0.3) is 0 Å². The van der Waals surface area contributed by atoms with Crippen LogP contribution in [0.2, 0.25) is 0 Å². The van der Waals surface area contributed by atoms with E-state index in [0.29, 0.717) is 3.57 Å². The van der Waals surface area contributed by atoms with E-state index in [0.717, 1.165) is 0 Å². The SMILES string of the molecule is O=Ic1cccc([As](=O)(O)O)c1. The van der Waals surface area contributed by atoms with Gasteiger partial charge in [0.15, 0.2) is 0 Å². The molecule has 0 saturated carbocycles. The molecule has 0 bridgehead atoms. The first-order valence-corrected chi connectivity index (χ1v) is 8.31. The zero-order chi connectivity index (χ0) is 9.19. The van der Waals surface area contributed by atoms with Crippen LogP contribution in [0.1, 0.15) is 0 Å². The number of rotatable bonds is 2. The first-order chi connectivity index (χ1) is 5.54. The minimum absolute atomic E-state index is 0.0128. The summed E-state index contributed by atoms with van der Waals surface area (Å²) in [5, 5.41) is 0. The van der Waals surface area contributed by atoms with Crippen LogP contribution in [0.3, 0.4) is 0 Å². The van der Waals surface area contributed by atoms with Gasteiger partial charge in [0.2, 0.25) is 0 Å². The van der Waals surface area contributed by atoms with Gasteiger partial charge >= 0.3 is 82.6 Å². The fraction of sp³-hybridized carbons (Fsp3) is 0. The van der Waals surface area contributed by atoms with E-state index in [-0.39, 0.29) is 4.35 Å². The van der Waals surface area contributed by atoms with E-state index in [9.17, 15) is 6.81 Å². The van der Waals surface area contributed by atoms with Crippen molar-refractivity contribution in [2.45, 2.75) is 0 Å². The van der Waals surface area contributed by atoms with Gasteiger partial charge in [0.1, 0.15) is 0 Å². The van der Waals surface area contributed by atoms with E-state index in [1.165, 1.54) is 18.2 Å². The Kier molecular flexibility index (Phi) is 3.22. The fourth-order valence-electron chi connectivity index (χ4n) is 0.705. The average Bonchev–Trinajstić information content (AvgIpc) is 2.03. The van der Waals surface area contributed by atoms with E-state index in [4.69, 9.17) is 8.19 Å². The first kappa shape index (κ1) is 10.1. The molecule has 4 nitrogen and oxygen atoms in total. The molecule has 0 aliphatic rings. The predicted molar refractivity (Wildman–Crippen MR) is 50.4 cm³/mol. The Bertz CT molecular complexity index is 345. The molecule has 12 heavy (non-hydrogen) atoms. The third-order valence-corrected chi connectivity index (χ3v) is 4.41. The van der Waals surface area contributed by atoms with Gasteiger partial charge in [-0.15, -0.1) is 0 Å². The van der Waals surface area contributed by atoms with E-state index < -0.39 is 35.4 Å². The minimum atomic E-state index is -4.78. The van der Waals surface area contributed by atoms with Gasteiger partial charge in [0.05, 0.1) is 0 Å². The molecule has 1 aromatic rings. The van der Waals surface area contributed by atoms with Gasteiger partial charge in [-0.3, -0.25) is 0 Å². The molecular formula is C6H6AsIO4. The van der Waals surface area contributed by atoms with Crippen LogP contribution in [0.4, 0.5) is 0 Å². The van der Waals surface area contributed by atoms with Crippen LogP contribution in [0.5, 0.6) is 0 Å². The molecule has 1 aromatic carbocycles. The molecule has 6 heteroatoms. The summed E-state index contributed by atoms with van der Waals surface area (Å²) in [6, 6.07) is 5.75. The van der Waals surface area contributed by atoms with Crippen molar-refractivity contribution in [1.29, 1.82) is 0 Å². The second-order valence-corrected chi connectivity index (χ2v) is 7.15. The summed E-state index contributed by atoms with van der Waals surface area (Å²) in [4.78, 5) is 0. The van der Waals surface area contributed by atoms with Gasteiger partial charge < -0.3 is 0 Å². The predicted octanol–water partition coefficient (Wildman–Crippen LogP) is -0.267. The van der Waals surface area contributed by atoms with Crippen LogP contribution in [-0.4, -0.2) is 22.4 Å². The Labute approximate surface area is 82.3 Å². The quantitative estimate of drug-likeness (QED) is 0.573. The summed E-state index contributed by atoms with van der Waals surface area (Å²) in [6.45, 7) is 0. The number of halogens is 1. The fourth-order valence-corrected chi connectivity index (χ4v) is 3.29. The van der Waals surface area contributed by atoms with E-state index in [2.05, 4.69) is 0 Å². The van der Waals surface area contributed by atoms with Gasteiger partial charge in [-0.2, -0.15) is 0 Å². The Morgan fingerprint density at radius 1 is 1.33 bits per heavy atom. The molecule has 1 rings (SSSR count). The Morgan fingerprint density at radius 2 is 2.00 bits per heavy atom. The van der Waals surface area contributed by atoms with Crippen LogP contribution < -0.4 is 4.35 Å². The third-order valence-electron chi connectivity index (χ3n) is 1.23. The van der Waals surface area contributed by atoms with Crippen LogP contribution >= 0.6 is 21.2 Å². The molecule has 0 atom stereocenters. The maximum atomic E-state index is 10.8. The summed E-state index contributed by atoms with van der Waals surface area (Å²) < 4.78 is 39.3. The van der Waals surface area contributed by atoms with Gasteiger partial charge in [0, 0.05) is 0 Å². The van der Waals surface area contributed by atoms with Crippen LogP contribution in [-0.2, 0) is 6.81 Å². The molecule has 0 amide bonds. The topological polar surface area (TPSA) is 74.6 Å². The Morgan fingerprint density at radius 3 is 2.50 bits per heavy atom. The average molecular weight is 344 g/mol. The normalized spacial score (nSPS) is 11.5. The number of benzene rings is 1. The molecule has 2 N–H and O–H groups in total. The summed E-state index contributed by atoms with van der Waals surface area (Å²) in [6.07, 6.45) is 0. The molecular weight excluding hydrogens is 338 g/mol. The maximum absolute atomic E-state index is 10.8. The molecule has 0 unspecified atom stereocenters. The number of hydrogen-bond donors (Lipinski definition) is 2. The van der Waals surface area contributed by atoms with Crippen molar-refractivity contribution in [1.82, 2.24) is 0 Å². The molecule has 0 aliphatic heterocycles. The Hall–Kier alpha value is 0.0284. The molecule has 0 heterocycles. The van der Waals surface area contributed by atoms with Gasteiger partial charge in [0.25, 0.3) is 0 Å². The zero-order valence-electron chi connectivity index (χ0n) is 5.85. The molecule has 0 aromatic heterocycles. The molecule has 0 fully saturated rings. The van der Waals surface area contributed by atoms with Crippen LogP contribution in [0.15, 0.2) is 24.3 Å².